The summed E-state index contributed by atoms with van der Waals surface area (Å²) < 4.78 is 33.0. The maximum atomic E-state index is 13.4. The van der Waals surface area contributed by atoms with Crippen molar-refractivity contribution in [2.24, 2.45) is 0 Å². The van der Waals surface area contributed by atoms with Crippen molar-refractivity contribution in [3.05, 3.63) is 71.4 Å². The summed E-state index contributed by atoms with van der Waals surface area (Å²) in [5.41, 5.74) is 2.28. The molecule has 196 valence electrons. The number of anilines is 1. The normalized spacial score (nSPS) is 14.8. The minimum absolute atomic E-state index is 0.195. The molecular weight excluding hydrogens is 496 g/mol. The van der Waals surface area contributed by atoms with E-state index in [0.717, 1.165) is 47.0 Å². The summed E-state index contributed by atoms with van der Waals surface area (Å²) in [4.78, 5) is 30.5. The molecule has 1 aromatic heterocycles. The van der Waals surface area contributed by atoms with Gasteiger partial charge in [-0.1, -0.05) is 61.8 Å². The standard InChI is InChI=1S/C28H31F2N3O3S/c1-2-24(32-26(34)14-18-12-20(29)15-21(30)13-18)27(35)33-28-31-16-25(37-28)23-11-7-6-8-19(23)17-36-22-9-4-3-5-10-22/h6-8,11-13,15-16,22,24H,2-5,9-10,14,17H2,1H3,(H,32,34)(H,31,33,35)/t24-/m0/s1. The largest absolute Gasteiger partial charge is 0.374 e. The molecule has 2 N–H and O–H groups in total. The summed E-state index contributed by atoms with van der Waals surface area (Å²) in [7, 11) is 0. The molecule has 0 spiro atoms. The Hall–Kier alpha value is -3.17. The first-order valence-corrected chi connectivity index (χ1v) is 13.4. The van der Waals surface area contributed by atoms with E-state index in [0.29, 0.717) is 24.3 Å². The SMILES string of the molecule is CC[C@H](NC(=O)Cc1cc(F)cc(F)c1)C(=O)Nc1ncc(-c2ccccc2COC2CCCCC2)s1. The maximum Gasteiger partial charge on any atom is 0.248 e. The van der Waals surface area contributed by atoms with Crippen LogP contribution >= 0.6 is 11.3 Å². The molecule has 0 radical (unpaired) electrons. The first kappa shape index (κ1) is 26.9. The van der Waals surface area contributed by atoms with Crippen LogP contribution in [0.2, 0.25) is 0 Å². The van der Waals surface area contributed by atoms with Crippen molar-refractivity contribution in [2.75, 3.05) is 5.32 Å². The topological polar surface area (TPSA) is 80.3 Å². The number of hydrogen-bond acceptors (Lipinski definition) is 5. The number of rotatable bonds is 10. The molecule has 1 fully saturated rings. The zero-order chi connectivity index (χ0) is 26.2. The lowest BCUT2D eigenvalue weighted by atomic mass is 9.97. The summed E-state index contributed by atoms with van der Waals surface area (Å²) in [6.07, 6.45) is 8.05. The molecule has 0 aliphatic heterocycles. The molecule has 6 nitrogen and oxygen atoms in total. The van der Waals surface area contributed by atoms with Gasteiger partial charge in [-0.2, -0.15) is 0 Å². The van der Waals surface area contributed by atoms with Crippen molar-refractivity contribution < 1.29 is 23.1 Å². The van der Waals surface area contributed by atoms with Crippen LogP contribution in [-0.4, -0.2) is 28.9 Å². The lowest BCUT2D eigenvalue weighted by Gasteiger charge is -2.22. The smallest absolute Gasteiger partial charge is 0.248 e. The highest BCUT2D eigenvalue weighted by atomic mass is 32.1. The second kappa shape index (κ2) is 12.9. The number of carbonyl (C=O) groups is 2. The van der Waals surface area contributed by atoms with Gasteiger partial charge < -0.3 is 15.4 Å². The van der Waals surface area contributed by atoms with Crippen LogP contribution in [0.15, 0.2) is 48.7 Å². The predicted octanol–water partition coefficient (Wildman–Crippen LogP) is 6.01. The van der Waals surface area contributed by atoms with E-state index in [2.05, 4.69) is 15.6 Å². The number of nitrogens with zero attached hydrogens (tertiary/aromatic N) is 1. The van der Waals surface area contributed by atoms with Gasteiger partial charge in [0.2, 0.25) is 11.8 Å². The number of nitrogens with one attached hydrogen (secondary N) is 2. The van der Waals surface area contributed by atoms with E-state index in [1.807, 2.05) is 24.3 Å². The van der Waals surface area contributed by atoms with E-state index in [-0.39, 0.29) is 12.0 Å². The molecule has 1 aliphatic rings. The van der Waals surface area contributed by atoms with E-state index < -0.39 is 29.5 Å². The fourth-order valence-corrected chi connectivity index (χ4v) is 5.35. The number of benzene rings is 2. The van der Waals surface area contributed by atoms with Crippen molar-refractivity contribution in [1.82, 2.24) is 10.3 Å². The maximum absolute atomic E-state index is 13.4. The van der Waals surface area contributed by atoms with Crippen LogP contribution in [0, 0.1) is 11.6 Å². The average Bonchev–Trinajstić information content (AvgIpc) is 3.34. The molecule has 0 bridgehead atoms. The van der Waals surface area contributed by atoms with Gasteiger partial charge >= 0.3 is 0 Å². The highest BCUT2D eigenvalue weighted by molar-refractivity contribution is 7.19. The average molecular weight is 528 g/mol. The fourth-order valence-electron chi connectivity index (χ4n) is 4.47. The van der Waals surface area contributed by atoms with E-state index in [1.165, 1.54) is 30.6 Å². The van der Waals surface area contributed by atoms with Gasteiger partial charge in [-0.15, -0.1) is 0 Å². The second-order valence-electron chi connectivity index (χ2n) is 9.23. The van der Waals surface area contributed by atoms with Crippen molar-refractivity contribution >= 4 is 28.3 Å². The van der Waals surface area contributed by atoms with E-state index in [4.69, 9.17) is 4.74 Å². The van der Waals surface area contributed by atoms with Crippen LogP contribution in [0.25, 0.3) is 10.4 Å². The molecule has 0 saturated heterocycles. The first-order chi connectivity index (χ1) is 17.9. The summed E-state index contributed by atoms with van der Waals surface area (Å²) in [5, 5.41) is 5.83. The minimum atomic E-state index is -0.811. The van der Waals surface area contributed by atoms with Gasteiger partial charge in [0.1, 0.15) is 17.7 Å². The molecule has 1 aliphatic carbocycles. The van der Waals surface area contributed by atoms with Gasteiger partial charge in [-0.3, -0.25) is 9.59 Å². The molecule has 1 heterocycles. The molecule has 9 heteroatoms. The highest BCUT2D eigenvalue weighted by Gasteiger charge is 2.21. The Labute approximate surface area is 219 Å². The number of amides is 2. The fraction of sp³-hybridized carbons (Fsp3) is 0.393. The molecule has 3 aromatic rings. The van der Waals surface area contributed by atoms with Crippen molar-refractivity contribution in [3.8, 4) is 10.4 Å². The summed E-state index contributed by atoms with van der Waals surface area (Å²) >= 11 is 1.35. The number of ether oxygens (including phenoxy) is 1. The first-order valence-electron chi connectivity index (χ1n) is 12.6. The van der Waals surface area contributed by atoms with Gasteiger partial charge in [-0.25, -0.2) is 13.8 Å². The Kier molecular flexibility index (Phi) is 9.35. The Morgan fingerprint density at radius 1 is 1.11 bits per heavy atom. The van der Waals surface area contributed by atoms with Crippen LogP contribution in [0.3, 0.4) is 0 Å². The predicted molar refractivity (Wildman–Crippen MR) is 140 cm³/mol. The molecule has 2 aromatic carbocycles. The third-order valence-electron chi connectivity index (χ3n) is 6.39. The zero-order valence-corrected chi connectivity index (χ0v) is 21.6. The second-order valence-corrected chi connectivity index (χ2v) is 10.3. The Balaban J connectivity index is 1.36. The highest BCUT2D eigenvalue weighted by Crippen LogP contribution is 2.32. The van der Waals surface area contributed by atoms with Crippen molar-refractivity contribution in [3.63, 3.8) is 0 Å². The van der Waals surface area contributed by atoms with Crippen molar-refractivity contribution in [1.29, 1.82) is 0 Å². The number of aromatic nitrogens is 1. The summed E-state index contributed by atoms with van der Waals surface area (Å²) in [6.45, 7) is 2.29. The van der Waals surface area contributed by atoms with Crippen molar-refractivity contribution in [2.45, 2.75) is 70.6 Å². The van der Waals surface area contributed by atoms with Gasteiger partial charge in [-0.05, 0) is 48.1 Å². The number of halogens is 2. The molecule has 37 heavy (non-hydrogen) atoms. The number of carbonyl (C=O) groups excluding carboxylic acids is 2. The molecule has 4 rings (SSSR count). The number of thiazole rings is 1. The quantitative estimate of drug-likeness (QED) is 0.338. The monoisotopic (exact) mass is 527 g/mol. The Bertz CT molecular complexity index is 1210. The van der Waals surface area contributed by atoms with E-state index in [9.17, 15) is 18.4 Å². The van der Waals surface area contributed by atoms with Gasteiger partial charge in [0.05, 0.1) is 24.0 Å². The molecule has 0 unspecified atom stereocenters. The Morgan fingerprint density at radius 2 is 1.84 bits per heavy atom. The molecule has 1 atom stereocenters. The van der Waals surface area contributed by atoms with Crippen LogP contribution in [0.1, 0.15) is 56.6 Å². The molecule has 2 amide bonds. The summed E-state index contributed by atoms with van der Waals surface area (Å²) in [5.74, 6) is -2.42. The van der Waals surface area contributed by atoms with Crippen LogP contribution in [0.5, 0.6) is 0 Å². The Morgan fingerprint density at radius 3 is 2.57 bits per heavy atom. The zero-order valence-electron chi connectivity index (χ0n) is 20.8. The van der Waals surface area contributed by atoms with Gasteiger partial charge in [0.25, 0.3) is 0 Å². The summed E-state index contributed by atoms with van der Waals surface area (Å²) in [6, 6.07) is 10.1. The van der Waals surface area contributed by atoms with Crippen LogP contribution in [0.4, 0.5) is 13.9 Å². The van der Waals surface area contributed by atoms with Gasteiger partial charge in [0, 0.05) is 12.3 Å². The lowest BCUT2D eigenvalue weighted by molar-refractivity contribution is -0.126. The van der Waals surface area contributed by atoms with Crippen LogP contribution in [-0.2, 0) is 27.4 Å². The van der Waals surface area contributed by atoms with E-state index >= 15 is 0 Å². The molecule has 1 saturated carbocycles. The van der Waals surface area contributed by atoms with Crippen LogP contribution < -0.4 is 10.6 Å². The molecular formula is C28H31F2N3O3S. The van der Waals surface area contributed by atoms with Gasteiger partial charge in [0.15, 0.2) is 5.13 Å². The third kappa shape index (κ3) is 7.66. The minimum Gasteiger partial charge on any atom is -0.374 e. The third-order valence-corrected chi connectivity index (χ3v) is 7.34. The lowest BCUT2D eigenvalue weighted by Crippen LogP contribution is -2.44. The number of hydrogen-bond donors (Lipinski definition) is 2. The van der Waals surface area contributed by atoms with E-state index in [1.54, 1.807) is 13.1 Å².